The summed E-state index contributed by atoms with van der Waals surface area (Å²) in [5, 5.41) is 20.2. The zero-order valence-corrected chi connectivity index (χ0v) is 41.2. The van der Waals surface area contributed by atoms with E-state index in [-0.39, 0.29) is 22.9 Å². The number of carbonyl (C=O) groups is 2. The Labute approximate surface area is 434 Å². The van der Waals surface area contributed by atoms with Crippen molar-refractivity contribution < 1.29 is 9.59 Å². The molecule has 12 rings (SSSR count). The molecule has 76 heavy (non-hydrogen) atoms. The minimum Gasteiger partial charge on any atom is -0.355 e. The van der Waals surface area contributed by atoms with Crippen molar-refractivity contribution in [1.29, 1.82) is 0 Å². The van der Waals surface area contributed by atoms with E-state index in [9.17, 15) is 19.2 Å². The van der Waals surface area contributed by atoms with Gasteiger partial charge in [0.05, 0.1) is 33.4 Å². The van der Waals surface area contributed by atoms with Crippen LogP contribution in [0.3, 0.4) is 0 Å². The van der Waals surface area contributed by atoms with Crippen molar-refractivity contribution in [3.8, 4) is 11.4 Å². The fourth-order valence-corrected chi connectivity index (χ4v) is 9.28. The van der Waals surface area contributed by atoms with Crippen LogP contribution in [0.25, 0.3) is 76.5 Å². The number of hydrogen-bond acceptors (Lipinski definition) is 10. The number of pyridine rings is 6. The van der Waals surface area contributed by atoms with Gasteiger partial charge >= 0.3 is 0 Å². The molecule has 0 unspecified atom stereocenters. The monoisotopic (exact) mass is 994 g/mol. The van der Waals surface area contributed by atoms with E-state index in [2.05, 4.69) is 72.6 Å². The Kier molecular flexibility index (Phi) is 12.6. The molecule has 0 saturated heterocycles. The van der Waals surface area contributed by atoms with Crippen LogP contribution in [0.1, 0.15) is 11.1 Å². The zero-order chi connectivity index (χ0) is 52.5. The number of aromatic nitrogens is 6. The summed E-state index contributed by atoms with van der Waals surface area (Å²) in [5.41, 5.74) is 10.5. The molecule has 0 bridgehead atoms. The molecule has 0 aliphatic rings. The Morgan fingerprint density at radius 3 is 1.39 bits per heavy atom. The van der Waals surface area contributed by atoms with E-state index in [1.807, 2.05) is 117 Å². The van der Waals surface area contributed by atoms with Crippen molar-refractivity contribution in [2.45, 2.75) is 13.8 Å². The minimum absolute atomic E-state index is 0.184. The van der Waals surface area contributed by atoms with Gasteiger partial charge in [0.1, 0.15) is 0 Å². The molecule has 0 radical (unpaired) electrons. The van der Waals surface area contributed by atoms with Gasteiger partial charge < -0.3 is 21.3 Å². The van der Waals surface area contributed by atoms with Crippen molar-refractivity contribution in [2.24, 2.45) is 0 Å². The topological polar surface area (TPSA) is 178 Å². The molecule has 14 nitrogen and oxygen atoms in total. The summed E-state index contributed by atoms with van der Waals surface area (Å²) in [7, 11) is 0. The number of anilines is 6. The number of aryl methyl sites for hydroxylation is 2. The Bertz CT molecular complexity index is 4200. The molecule has 0 saturated carbocycles. The van der Waals surface area contributed by atoms with Crippen LogP contribution in [0.2, 0.25) is 0 Å². The predicted molar refractivity (Wildman–Crippen MR) is 307 cm³/mol. The van der Waals surface area contributed by atoms with E-state index >= 15 is 0 Å². The number of amides is 2. The van der Waals surface area contributed by atoms with Gasteiger partial charge in [0.25, 0.3) is 11.1 Å². The molecule has 6 aromatic heterocycles. The summed E-state index contributed by atoms with van der Waals surface area (Å²) in [4.78, 5) is 68.1. The summed E-state index contributed by atoms with van der Waals surface area (Å²) in [6.07, 6.45) is 13.2. The van der Waals surface area contributed by atoms with Crippen molar-refractivity contribution >= 4 is 111 Å². The molecule has 0 fully saturated rings. The molecule has 2 amide bonds. The minimum atomic E-state index is -0.314. The van der Waals surface area contributed by atoms with E-state index in [0.29, 0.717) is 22.7 Å². The average molecular weight is 995 g/mol. The second kappa shape index (κ2) is 20.1. The Hall–Kier alpha value is -10.6. The van der Waals surface area contributed by atoms with Gasteiger partial charge in [-0.15, -0.1) is 0 Å². The third kappa shape index (κ3) is 9.48. The number of benzene rings is 6. The molecule has 0 spiro atoms. The summed E-state index contributed by atoms with van der Waals surface area (Å²) < 4.78 is 3.32. The first-order chi connectivity index (χ1) is 37.0. The van der Waals surface area contributed by atoms with Crippen molar-refractivity contribution in [2.75, 3.05) is 21.3 Å². The molecule has 368 valence electrons. The average Bonchev–Trinajstić information content (AvgIpc) is 3.45. The molecule has 0 aliphatic carbocycles. The number of rotatable bonds is 10. The normalized spacial score (nSPS) is 11.1. The summed E-state index contributed by atoms with van der Waals surface area (Å²) >= 11 is 0. The van der Waals surface area contributed by atoms with E-state index in [4.69, 9.17) is 0 Å². The largest absolute Gasteiger partial charge is 0.355 e. The van der Waals surface area contributed by atoms with Gasteiger partial charge in [0, 0.05) is 116 Å². The zero-order valence-electron chi connectivity index (χ0n) is 41.2. The molecule has 0 atom stereocenters. The van der Waals surface area contributed by atoms with Crippen LogP contribution in [-0.2, 0) is 9.59 Å². The van der Waals surface area contributed by atoms with Gasteiger partial charge in [-0.25, -0.2) is 0 Å². The first-order valence-corrected chi connectivity index (χ1v) is 24.2. The van der Waals surface area contributed by atoms with E-state index in [0.717, 1.165) is 99.0 Å². The second-order valence-corrected chi connectivity index (χ2v) is 18.1. The highest BCUT2D eigenvalue weighted by Gasteiger charge is 2.16. The molecule has 0 aliphatic heterocycles. The molecule has 6 aromatic carbocycles. The van der Waals surface area contributed by atoms with Crippen LogP contribution in [0.4, 0.5) is 34.1 Å². The second-order valence-electron chi connectivity index (χ2n) is 18.1. The van der Waals surface area contributed by atoms with E-state index in [1.54, 1.807) is 58.2 Å². The lowest BCUT2D eigenvalue weighted by atomic mass is 10.1. The quantitative estimate of drug-likeness (QED) is 0.0761. The van der Waals surface area contributed by atoms with Gasteiger partial charge in [-0.05, 0) is 157 Å². The fraction of sp³-hybridized carbons (Fsp3) is 0.0323. The first-order valence-electron chi connectivity index (χ1n) is 24.2. The smallest absolute Gasteiger partial charge is 0.255 e. The fourth-order valence-electron chi connectivity index (χ4n) is 9.28. The Morgan fingerprint density at radius 1 is 0.447 bits per heavy atom. The van der Waals surface area contributed by atoms with Crippen LogP contribution in [0.15, 0.2) is 218 Å². The maximum atomic E-state index is 13.3. The molecule has 12 aromatic rings. The van der Waals surface area contributed by atoms with Gasteiger partial charge in [-0.1, -0.05) is 37.4 Å². The molecule has 4 N–H and O–H groups in total. The van der Waals surface area contributed by atoms with Gasteiger partial charge in [0.2, 0.25) is 11.8 Å². The maximum Gasteiger partial charge on any atom is 0.255 e. The van der Waals surface area contributed by atoms with Crippen molar-refractivity contribution in [3.05, 3.63) is 240 Å². The van der Waals surface area contributed by atoms with Crippen LogP contribution in [0, 0.1) is 13.8 Å². The lowest BCUT2D eigenvalue weighted by Crippen LogP contribution is -2.18. The predicted octanol–water partition coefficient (Wildman–Crippen LogP) is 12.5. The van der Waals surface area contributed by atoms with E-state index < -0.39 is 0 Å². The number of fused-ring (bicyclic) bond motifs is 8. The lowest BCUT2D eigenvalue weighted by molar-refractivity contribution is -0.112. The highest BCUT2D eigenvalue weighted by molar-refractivity contribution is 6.07. The number of carbonyl (C=O) groups excluding carboxylic acids is 2. The summed E-state index contributed by atoms with van der Waals surface area (Å²) in [5.74, 6) is -0.629. The van der Waals surface area contributed by atoms with Crippen LogP contribution in [0.5, 0.6) is 0 Å². The van der Waals surface area contributed by atoms with Crippen molar-refractivity contribution in [1.82, 2.24) is 29.1 Å². The van der Waals surface area contributed by atoms with Gasteiger partial charge in [0.15, 0.2) is 0 Å². The number of nitrogens with zero attached hydrogens (tertiary/aromatic N) is 6. The summed E-state index contributed by atoms with van der Waals surface area (Å²) in [6, 6.07) is 45.7. The Balaban J connectivity index is 0.000000162. The standard InChI is InChI=1S/2C31H23N5O2/c1-3-29(37)35-28-16-25(9-4-19(28)2)36-30(38)11-6-22-18-33-27-10-8-24(15-26(27)31(22)36)34-23-7-5-21-17-32-13-12-20(21)14-23;1-3-29(37)35-28-16-25(9-4-19(28)2)36-30(38)11-6-21-18-33-27-10-8-24(15-26(27)31(21)36)34-23-7-5-20-12-13-32-17-22(20)14-23/h2*3-18,34H,1H2,2H3,(H,35,37). The van der Waals surface area contributed by atoms with Crippen LogP contribution < -0.4 is 32.4 Å². The van der Waals surface area contributed by atoms with Crippen LogP contribution in [-0.4, -0.2) is 40.9 Å². The van der Waals surface area contributed by atoms with Crippen LogP contribution >= 0.6 is 0 Å². The molecule has 14 heteroatoms. The van der Waals surface area contributed by atoms with E-state index in [1.165, 1.54) is 24.3 Å². The third-order valence-corrected chi connectivity index (χ3v) is 13.1. The first kappa shape index (κ1) is 47.7. The highest BCUT2D eigenvalue weighted by Crippen LogP contribution is 2.33. The third-order valence-electron chi connectivity index (χ3n) is 13.1. The Morgan fingerprint density at radius 2 is 0.882 bits per heavy atom. The molecule has 6 heterocycles. The number of hydrogen-bond donors (Lipinski definition) is 4. The maximum absolute atomic E-state index is 13.3. The SMILES string of the molecule is C=CC(=O)Nc1cc(-n2c(=O)ccc3cnc4ccc(Nc5ccc6ccncc6c5)cc4c32)ccc1C.C=CC(=O)Nc1cc(-n2c(=O)ccc3cnc4ccc(Nc5ccc6cnccc6c5)cc4c32)ccc1C. The molecular weight excluding hydrogens is 949 g/mol. The summed E-state index contributed by atoms with van der Waals surface area (Å²) in [6.45, 7) is 10.8. The van der Waals surface area contributed by atoms with Crippen molar-refractivity contribution in [3.63, 3.8) is 0 Å². The molecular formula is C62H46N10O4. The van der Waals surface area contributed by atoms with Gasteiger partial charge in [-0.3, -0.25) is 48.2 Å². The number of nitrogens with one attached hydrogen (secondary N) is 4. The lowest BCUT2D eigenvalue weighted by Gasteiger charge is -2.16. The highest BCUT2D eigenvalue weighted by atomic mass is 16.2. The van der Waals surface area contributed by atoms with Gasteiger partial charge in [-0.2, -0.15) is 0 Å².